The molecule has 0 fully saturated rings. The molecule has 0 saturated heterocycles. The van der Waals surface area contributed by atoms with E-state index in [-0.39, 0.29) is 5.56 Å². The Bertz CT molecular complexity index is 1180. The summed E-state index contributed by atoms with van der Waals surface area (Å²) in [5.74, 6) is 0.837. The number of benzene rings is 2. The minimum absolute atomic E-state index is 0.0305. The third-order valence-corrected chi connectivity index (χ3v) is 5.86. The molecule has 0 unspecified atom stereocenters. The van der Waals surface area contributed by atoms with Gasteiger partial charge < -0.3 is 9.64 Å². The van der Waals surface area contributed by atoms with E-state index in [0.29, 0.717) is 13.1 Å². The van der Waals surface area contributed by atoms with Gasteiger partial charge in [0.05, 0.1) is 19.3 Å². The lowest BCUT2D eigenvalue weighted by Crippen LogP contribution is -2.25. The fraction of sp³-hybridized carbons (Fsp3) is 0.217. The van der Waals surface area contributed by atoms with Crippen molar-refractivity contribution in [3.63, 3.8) is 0 Å². The minimum atomic E-state index is -0.0305. The Morgan fingerprint density at radius 3 is 2.45 bits per heavy atom. The second kappa shape index (κ2) is 8.09. The summed E-state index contributed by atoms with van der Waals surface area (Å²) in [5, 5.41) is 1.96. The molecule has 0 atom stereocenters. The first-order valence-electron chi connectivity index (χ1n) is 9.45. The van der Waals surface area contributed by atoms with Crippen LogP contribution in [-0.2, 0) is 13.1 Å². The molecular formula is C23H23N3O2S. The van der Waals surface area contributed by atoms with E-state index in [1.165, 1.54) is 16.9 Å². The Morgan fingerprint density at radius 2 is 1.76 bits per heavy atom. The SMILES string of the molecule is COc1ccc(CN(Cc2cc(=O)n3c(C)csc3n2)c2ccc(C)cc2)cc1. The van der Waals surface area contributed by atoms with Crippen molar-refractivity contribution in [1.82, 2.24) is 9.38 Å². The van der Waals surface area contributed by atoms with Crippen LogP contribution in [0.15, 0.2) is 64.8 Å². The number of thiazole rings is 1. The van der Waals surface area contributed by atoms with E-state index in [0.717, 1.165) is 33.3 Å². The average Bonchev–Trinajstić information content (AvgIpc) is 3.10. The normalized spacial score (nSPS) is 11.0. The number of ether oxygens (including phenoxy) is 1. The van der Waals surface area contributed by atoms with E-state index in [1.807, 2.05) is 24.4 Å². The summed E-state index contributed by atoms with van der Waals surface area (Å²) in [6.45, 7) is 5.26. The molecule has 0 saturated carbocycles. The van der Waals surface area contributed by atoms with E-state index in [1.54, 1.807) is 17.6 Å². The zero-order chi connectivity index (χ0) is 20.4. The number of fused-ring (bicyclic) bond motifs is 1. The molecule has 2 aromatic heterocycles. The van der Waals surface area contributed by atoms with Gasteiger partial charge >= 0.3 is 0 Å². The van der Waals surface area contributed by atoms with Gasteiger partial charge in [0, 0.05) is 29.4 Å². The first-order valence-corrected chi connectivity index (χ1v) is 10.3. The van der Waals surface area contributed by atoms with Gasteiger partial charge in [-0.3, -0.25) is 9.20 Å². The topological polar surface area (TPSA) is 46.8 Å². The fourth-order valence-corrected chi connectivity index (χ4v) is 4.21. The summed E-state index contributed by atoms with van der Waals surface area (Å²) >= 11 is 1.49. The molecule has 0 aliphatic heterocycles. The zero-order valence-electron chi connectivity index (χ0n) is 16.8. The summed E-state index contributed by atoms with van der Waals surface area (Å²) in [7, 11) is 1.67. The second-order valence-electron chi connectivity index (χ2n) is 7.12. The molecule has 29 heavy (non-hydrogen) atoms. The first kappa shape index (κ1) is 19.2. The van der Waals surface area contributed by atoms with Crippen LogP contribution in [0.2, 0.25) is 0 Å². The number of hydrogen-bond acceptors (Lipinski definition) is 5. The number of hydrogen-bond donors (Lipinski definition) is 0. The lowest BCUT2D eigenvalue weighted by Gasteiger charge is -2.25. The van der Waals surface area contributed by atoms with Crippen molar-refractivity contribution in [3.05, 3.63) is 92.8 Å². The molecular weight excluding hydrogens is 382 g/mol. The van der Waals surface area contributed by atoms with Crippen LogP contribution in [-0.4, -0.2) is 16.5 Å². The monoisotopic (exact) mass is 405 g/mol. The maximum Gasteiger partial charge on any atom is 0.259 e. The Morgan fingerprint density at radius 1 is 1.03 bits per heavy atom. The minimum Gasteiger partial charge on any atom is -0.497 e. The van der Waals surface area contributed by atoms with Gasteiger partial charge in [0.15, 0.2) is 4.96 Å². The predicted octanol–water partition coefficient (Wildman–Crippen LogP) is 4.59. The molecule has 0 radical (unpaired) electrons. The number of methoxy groups -OCH3 is 1. The highest BCUT2D eigenvalue weighted by atomic mass is 32.1. The lowest BCUT2D eigenvalue weighted by molar-refractivity contribution is 0.414. The van der Waals surface area contributed by atoms with Crippen LogP contribution < -0.4 is 15.2 Å². The largest absolute Gasteiger partial charge is 0.497 e. The summed E-state index contributed by atoms with van der Waals surface area (Å²) in [6, 6.07) is 18.1. The molecule has 5 nitrogen and oxygen atoms in total. The maximum absolute atomic E-state index is 12.6. The summed E-state index contributed by atoms with van der Waals surface area (Å²) in [4.78, 5) is 20.3. The smallest absolute Gasteiger partial charge is 0.259 e. The van der Waals surface area contributed by atoms with E-state index >= 15 is 0 Å². The molecule has 2 heterocycles. The van der Waals surface area contributed by atoms with Crippen molar-refractivity contribution < 1.29 is 4.74 Å². The van der Waals surface area contributed by atoms with E-state index in [9.17, 15) is 4.79 Å². The van der Waals surface area contributed by atoms with Crippen molar-refractivity contribution >= 4 is 22.0 Å². The number of nitrogens with zero attached hydrogens (tertiary/aromatic N) is 3. The van der Waals surface area contributed by atoms with Crippen molar-refractivity contribution in [2.24, 2.45) is 0 Å². The van der Waals surface area contributed by atoms with Crippen LogP contribution in [0.1, 0.15) is 22.5 Å². The first-order chi connectivity index (χ1) is 14.0. The lowest BCUT2D eigenvalue weighted by atomic mass is 10.1. The van der Waals surface area contributed by atoms with Gasteiger partial charge in [0.2, 0.25) is 0 Å². The Labute approximate surface area is 173 Å². The van der Waals surface area contributed by atoms with Gasteiger partial charge in [0.25, 0.3) is 5.56 Å². The molecule has 2 aromatic carbocycles. The zero-order valence-corrected chi connectivity index (χ0v) is 17.6. The predicted molar refractivity (Wildman–Crippen MR) is 118 cm³/mol. The van der Waals surface area contributed by atoms with Crippen LogP contribution in [0.25, 0.3) is 4.96 Å². The summed E-state index contributed by atoms with van der Waals surface area (Å²) in [6.07, 6.45) is 0. The van der Waals surface area contributed by atoms with Gasteiger partial charge in [-0.15, -0.1) is 11.3 Å². The fourth-order valence-electron chi connectivity index (χ4n) is 3.32. The van der Waals surface area contributed by atoms with Gasteiger partial charge in [-0.05, 0) is 43.7 Å². The van der Waals surface area contributed by atoms with Crippen molar-refractivity contribution in [3.8, 4) is 5.75 Å². The van der Waals surface area contributed by atoms with Crippen LogP contribution >= 0.6 is 11.3 Å². The quantitative estimate of drug-likeness (QED) is 0.471. The molecule has 0 spiro atoms. The van der Waals surface area contributed by atoms with Crippen molar-refractivity contribution in [2.45, 2.75) is 26.9 Å². The number of aromatic nitrogens is 2. The number of aryl methyl sites for hydroxylation is 2. The Balaban J connectivity index is 1.67. The van der Waals surface area contributed by atoms with Gasteiger partial charge in [-0.2, -0.15) is 0 Å². The molecule has 0 amide bonds. The highest BCUT2D eigenvalue weighted by Gasteiger charge is 2.13. The highest BCUT2D eigenvalue weighted by Crippen LogP contribution is 2.22. The van der Waals surface area contributed by atoms with E-state index in [4.69, 9.17) is 9.72 Å². The second-order valence-corrected chi connectivity index (χ2v) is 7.96. The van der Waals surface area contributed by atoms with E-state index < -0.39 is 0 Å². The molecule has 0 N–H and O–H groups in total. The number of anilines is 1. The van der Waals surface area contributed by atoms with Crippen LogP contribution in [0.5, 0.6) is 5.75 Å². The summed E-state index contributed by atoms with van der Waals surface area (Å²) < 4.78 is 6.92. The molecule has 6 heteroatoms. The average molecular weight is 406 g/mol. The van der Waals surface area contributed by atoms with Crippen molar-refractivity contribution in [2.75, 3.05) is 12.0 Å². The Kier molecular flexibility index (Phi) is 5.36. The maximum atomic E-state index is 12.6. The van der Waals surface area contributed by atoms with Crippen LogP contribution in [0, 0.1) is 13.8 Å². The van der Waals surface area contributed by atoms with Crippen LogP contribution in [0.3, 0.4) is 0 Å². The third-order valence-electron chi connectivity index (χ3n) is 4.91. The molecule has 0 bridgehead atoms. The molecule has 0 aliphatic carbocycles. The van der Waals surface area contributed by atoms with Gasteiger partial charge in [-0.1, -0.05) is 29.8 Å². The number of rotatable bonds is 6. The van der Waals surface area contributed by atoms with Crippen molar-refractivity contribution in [1.29, 1.82) is 0 Å². The standard InChI is InChI=1S/C23H23N3O2S/c1-16-4-8-20(9-5-16)25(13-18-6-10-21(28-3)11-7-18)14-19-12-22(27)26-17(2)15-29-23(26)24-19/h4-12,15H,13-14H2,1-3H3. The third kappa shape index (κ3) is 4.17. The molecule has 148 valence electrons. The van der Waals surface area contributed by atoms with Gasteiger partial charge in [-0.25, -0.2) is 4.98 Å². The molecule has 4 aromatic rings. The van der Waals surface area contributed by atoms with E-state index in [2.05, 4.69) is 48.2 Å². The Hall–Kier alpha value is -3.12. The molecule has 4 rings (SSSR count). The molecule has 0 aliphatic rings. The highest BCUT2D eigenvalue weighted by molar-refractivity contribution is 7.15. The summed E-state index contributed by atoms with van der Waals surface area (Å²) in [5.41, 5.74) is 5.13. The van der Waals surface area contributed by atoms with Gasteiger partial charge in [0.1, 0.15) is 5.75 Å². The van der Waals surface area contributed by atoms with Crippen LogP contribution in [0.4, 0.5) is 5.69 Å².